The van der Waals surface area contributed by atoms with Gasteiger partial charge in [-0.1, -0.05) is 17.0 Å². The Hall–Kier alpha value is -4.07. The number of carbonyl (C=O) groups is 1. The van der Waals surface area contributed by atoms with Crippen molar-refractivity contribution in [3.8, 4) is 11.4 Å². The minimum absolute atomic E-state index is 0.0222. The molecule has 138 valence electrons. The van der Waals surface area contributed by atoms with E-state index in [2.05, 4.69) is 10.1 Å². The molecule has 2 aromatic heterocycles. The number of pyridine rings is 1. The Morgan fingerprint density at radius 1 is 1.14 bits per heavy atom. The van der Waals surface area contributed by atoms with Gasteiger partial charge in [-0.2, -0.15) is 0 Å². The molecular weight excluding hydrogens is 358 g/mol. The van der Waals surface area contributed by atoms with Crippen molar-refractivity contribution >= 4 is 16.8 Å². The number of nitrogens with zero attached hydrogens (tertiary/aromatic N) is 4. The molecule has 8 nitrogen and oxygen atoms in total. The van der Waals surface area contributed by atoms with Crippen molar-refractivity contribution < 1.29 is 14.0 Å². The summed E-state index contributed by atoms with van der Waals surface area (Å²) < 4.78 is 7.86. The highest BCUT2D eigenvalue weighted by Gasteiger charge is 2.15. The van der Waals surface area contributed by atoms with E-state index in [4.69, 9.17) is 10.5 Å². The van der Waals surface area contributed by atoms with Crippen LogP contribution < -0.4 is 14.9 Å². The molecule has 0 saturated carbocycles. The van der Waals surface area contributed by atoms with E-state index in [9.17, 15) is 9.70 Å². The maximum atomic E-state index is 12.1. The zero-order chi connectivity index (χ0) is 19.5. The Morgan fingerprint density at radius 2 is 2.04 bits per heavy atom. The van der Waals surface area contributed by atoms with Crippen LogP contribution in [0.1, 0.15) is 16.2 Å². The summed E-state index contributed by atoms with van der Waals surface area (Å²) in [7, 11) is 0. The number of aromatic nitrogens is 4. The van der Waals surface area contributed by atoms with Crippen LogP contribution in [0.3, 0.4) is 0 Å². The maximum absolute atomic E-state index is 12.1. The van der Waals surface area contributed by atoms with Gasteiger partial charge in [0, 0.05) is 21.6 Å². The van der Waals surface area contributed by atoms with Crippen molar-refractivity contribution in [2.45, 2.75) is 6.61 Å². The van der Waals surface area contributed by atoms with Crippen molar-refractivity contribution in [1.82, 2.24) is 14.8 Å². The van der Waals surface area contributed by atoms with E-state index in [1.165, 1.54) is 17.1 Å². The molecule has 0 aliphatic rings. The molecule has 1 amide bonds. The van der Waals surface area contributed by atoms with Crippen molar-refractivity contribution in [1.29, 1.82) is 0 Å². The highest BCUT2D eigenvalue weighted by atomic mass is 16.5. The van der Waals surface area contributed by atoms with Gasteiger partial charge in [0.05, 0.1) is 22.5 Å². The fourth-order valence-electron chi connectivity index (χ4n) is 2.74. The number of nitrogens with two attached hydrogens (primary N) is 1. The minimum atomic E-state index is -0.536. The third kappa shape index (κ3) is 3.56. The predicted molar refractivity (Wildman–Crippen MR) is 102 cm³/mol. The van der Waals surface area contributed by atoms with Gasteiger partial charge in [-0.25, -0.2) is 0 Å². The van der Waals surface area contributed by atoms with Crippen molar-refractivity contribution in [2.75, 3.05) is 0 Å². The Morgan fingerprint density at radius 3 is 2.89 bits per heavy atom. The number of benzene rings is 2. The quantitative estimate of drug-likeness (QED) is 0.538. The predicted octanol–water partition coefficient (Wildman–Crippen LogP) is 2.01. The van der Waals surface area contributed by atoms with E-state index in [0.29, 0.717) is 21.4 Å². The minimum Gasteiger partial charge on any atom is -0.480 e. The molecule has 8 heteroatoms. The number of rotatable bonds is 5. The van der Waals surface area contributed by atoms with E-state index in [1.807, 2.05) is 24.3 Å². The van der Waals surface area contributed by atoms with Gasteiger partial charge in [0.15, 0.2) is 12.8 Å². The summed E-state index contributed by atoms with van der Waals surface area (Å²) >= 11 is 0. The largest absolute Gasteiger partial charge is 0.480 e. The molecule has 2 N–H and O–H groups in total. The number of ether oxygens (including phenoxy) is 1. The van der Waals surface area contributed by atoms with Crippen LogP contribution in [0.2, 0.25) is 0 Å². The molecular formula is C20H16N5O3+. The molecule has 2 heterocycles. The van der Waals surface area contributed by atoms with Gasteiger partial charge in [0.25, 0.3) is 0 Å². The summed E-state index contributed by atoms with van der Waals surface area (Å²) in [5.74, 6) is 0.235. The van der Waals surface area contributed by atoms with E-state index >= 15 is 0 Å². The van der Waals surface area contributed by atoms with Crippen molar-refractivity contribution in [2.24, 2.45) is 5.73 Å². The number of hydrogen-bond acceptors (Lipinski definition) is 5. The first kappa shape index (κ1) is 17.3. The zero-order valence-corrected chi connectivity index (χ0v) is 14.7. The number of fused-ring (bicyclic) bond motifs is 1. The summed E-state index contributed by atoms with van der Waals surface area (Å²) in [6.07, 6.45) is 4.55. The van der Waals surface area contributed by atoms with Crippen LogP contribution in [-0.4, -0.2) is 20.7 Å². The van der Waals surface area contributed by atoms with E-state index in [0.717, 1.165) is 10.9 Å². The molecule has 4 rings (SSSR count). The normalized spacial score (nSPS) is 10.7. The van der Waals surface area contributed by atoms with Gasteiger partial charge in [-0.05, 0) is 42.5 Å². The smallest absolute Gasteiger partial charge is 0.404 e. The number of primary amides is 1. The molecule has 4 aromatic rings. The molecule has 0 unspecified atom stereocenters. The van der Waals surface area contributed by atoms with Gasteiger partial charge in [0.2, 0.25) is 5.91 Å². The average molecular weight is 374 g/mol. The molecule has 0 atom stereocenters. The lowest BCUT2D eigenvalue weighted by molar-refractivity contribution is -0.513. The van der Waals surface area contributed by atoms with Gasteiger partial charge in [-0.3, -0.25) is 9.78 Å². The van der Waals surface area contributed by atoms with Crippen LogP contribution in [0, 0.1) is 4.91 Å². The van der Waals surface area contributed by atoms with Crippen LogP contribution in [-0.2, 0) is 6.61 Å². The average Bonchev–Trinajstić information content (AvgIpc) is 2.73. The van der Waals surface area contributed by atoms with Crippen molar-refractivity contribution in [3.63, 3.8) is 0 Å². The van der Waals surface area contributed by atoms with Gasteiger partial charge in [0.1, 0.15) is 5.75 Å². The van der Waals surface area contributed by atoms with Crippen molar-refractivity contribution in [3.05, 3.63) is 89.5 Å². The molecule has 2 aromatic carbocycles. The summed E-state index contributed by atoms with van der Waals surface area (Å²) in [6.45, 7) is -0.0222. The van der Waals surface area contributed by atoms with E-state index < -0.39 is 5.91 Å². The third-order valence-electron chi connectivity index (χ3n) is 4.16. The van der Waals surface area contributed by atoms with E-state index in [-0.39, 0.29) is 12.4 Å². The molecule has 0 aliphatic heterocycles. The molecule has 0 spiro atoms. The molecule has 0 aliphatic carbocycles. The summed E-state index contributed by atoms with van der Waals surface area (Å²) in [4.78, 5) is 27.7. The second-order valence-electron chi connectivity index (χ2n) is 6.05. The Balaban J connectivity index is 1.59. The number of carbonyl (C=O) groups excluding carboxylic acids is 1. The lowest BCUT2D eigenvalue weighted by Crippen LogP contribution is -2.27. The van der Waals surface area contributed by atoms with Crippen LogP contribution in [0.25, 0.3) is 16.6 Å². The van der Waals surface area contributed by atoms with Gasteiger partial charge in [-0.15, -0.1) is 4.68 Å². The first-order valence-electron chi connectivity index (χ1n) is 8.49. The second kappa shape index (κ2) is 7.28. The number of amides is 1. The van der Waals surface area contributed by atoms with Crippen LogP contribution in [0.5, 0.6) is 5.75 Å². The molecule has 0 fully saturated rings. The van der Waals surface area contributed by atoms with Gasteiger partial charge < -0.3 is 10.5 Å². The Kier molecular flexibility index (Phi) is 4.51. The van der Waals surface area contributed by atoms with Crippen LogP contribution in [0.15, 0.2) is 73.2 Å². The standard InChI is InChI=1S/C20H15N5O3/c21-20(26)15-3-1-5-16(11-15)24-9-10-25(27)19(23-24)13-28-17-6-7-18-14(12-17)4-2-8-22-18/h1-12H,13H2,(H-,21,26)/p+1. The van der Waals surface area contributed by atoms with E-state index in [1.54, 1.807) is 36.5 Å². The molecule has 0 radical (unpaired) electrons. The zero-order valence-electron chi connectivity index (χ0n) is 14.7. The second-order valence-corrected chi connectivity index (χ2v) is 6.05. The molecule has 0 bridgehead atoms. The third-order valence-corrected chi connectivity index (χ3v) is 4.16. The first-order valence-corrected chi connectivity index (χ1v) is 8.49. The summed E-state index contributed by atoms with van der Waals surface area (Å²) in [5, 5.41) is 5.24. The summed E-state index contributed by atoms with van der Waals surface area (Å²) in [5.41, 5.74) is 7.14. The highest BCUT2D eigenvalue weighted by molar-refractivity contribution is 5.93. The maximum Gasteiger partial charge on any atom is 0.404 e. The lowest BCUT2D eigenvalue weighted by atomic mass is 10.2. The van der Waals surface area contributed by atoms with Crippen LogP contribution >= 0.6 is 0 Å². The highest BCUT2D eigenvalue weighted by Crippen LogP contribution is 2.19. The fourth-order valence-corrected chi connectivity index (χ4v) is 2.74. The summed E-state index contributed by atoms with van der Waals surface area (Å²) in [6, 6.07) is 15.9. The SMILES string of the molecule is NC(=O)c1cccc(-n2cc[n+](=O)c(COc3ccc4ncccc4c3)n2)c1. The number of hydrogen-bond donors (Lipinski definition) is 1. The Labute approximate surface area is 159 Å². The Bertz CT molecular complexity index is 1240. The fraction of sp³-hybridized carbons (Fsp3) is 0.0500. The molecule has 0 saturated heterocycles. The first-order chi connectivity index (χ1) is 13.6. The molecule has 28 heavy (non-hydrogen) atoms. The van der Waals surface area contributed by atoms with Crippen LogP contribution in [0.4, 0.5) is 0 Å². The topological polar surface area (TPSA) is 106 Å². The lowest BCUT2D eigenvalue weighted by Gasteiger charge is -2.05. The van der Waals surface area contributed by atoms with Gasteiger partial charge >= 0.3 is 5.82 Å². The monoisotopic (exact) mass is 374 g/mol.